The van der Waals surface area contributed by atoms with Crippen LogP contribution >= 0.6 is 0 Å². The predicted molar refractivity (Wildman–Crippen MR) is 65.5 cm³/mol. The standard InChI is InChI=1S/C13H21FN2/c1-10(2)7-13(15)9-16-8-11-3-5-12(14)6-4-11/h3-6,10,13,16H,7-9,15H2,1-2H3. The van der Waals surface area contributed by atoms with Crippen molar-refractivity contribution in [1.82, 2.24) is 5.32 Å². The van der Waals surface area contributed by atoms with E-state index in [0.717, 1.165) is 25.1 Å². The van der Waals surface area contributed by atoms with E-state index in [1.54, 1.807) is 12.1 Å². The summed E-state index contributed by atoms with van der Waals surface area (Å²) < 4.78 is 12.6. The van der Waals surface area contributed by atoms with Gasteiger partial charge in [0.1, 0.15) is 5.82 Å². The molecule has 0 fully saturated rings. The third-order valence-electron chi connectivity index (χ3n) is 2.42. The van der Waals surface area contributed by atoms with Gasteiger partial charge in [0.15, 0.2) is 0 Å². The molecule has 1 aromatic carbocycles. The second-order valence-corrected chi connectivity index (χ2v) is 4.65. The fourth-order valence-electron chi connectivity index (χ4n) is 1.69. The zero-order valence-corrected chi connectivity index (χ0v) is 10.0. The van der Waals surface area contributed by atoms with E-state index in [1.807, 2.05) is 0 Å². The average molecular weight is 224 g/mol. The van der Waals surface area contributed by atoms with Crippen molar-refractivity contribution >= 4 is 0 Å². The number of benzene rings is 1. The van der Waals surface area contributed by atoms with Gasteiger partial charge in [-0.1, -0.05) is 26.0 Å². The van der Waals surface area contributed by atoms with Crippen molar-refractivity contribution in [3.63, 3.8) is 0 Å². The molecule has 0 saturated carbocycles. The number of hydrogen-bond donors (Lipinski definition) is 2. The summed E-state index contributed by atoms with van der Waals surface area (Å²) >= 11 is 0. The number of rotatable bonds is 6. The largest absolute Gasteiger partial charge is 0.327 e. The van der Waals surface area contributed by atoms with Crippen molar-refractivity contribution in [3.05, 3.63) is 35.6 Å². The molecular weight excluding hydrogens is 203 g/mol. The summed E-state index contributed by atoms with van der Waals surface area (Å²) in [5.74, 6) is 0.433. The zero-order valence-electron chi connectivity index (χ0n) is 10.0. The number of hydrogen-bond acceptors (Lipinski definition) is 2. The molecule has 3 heteroatoms. The maximum Gasteiger partial charge on any atom is 0.123 e. The Morgan fingerprint density at radius 1 is 1.25 bits per heavy atom. The molecule has 2 nitrogen and oxygen atoms in total. The minimum atomic E-state index is -0.194. The van der Waals surface area contributed by atoms with Gasteiger partial charge in [-0.3, -0.25) is 0 Å². The molecular formula is C13H21FN2. The third kappa shape index (κ3) is 5.24. The highest BCUT2D eigenvalue weighted by molar-refractivity contribution is 5.15. The summed E-state index contributed by atoms with van der Waals surface area (Å²) in [6, 6.07) is 6.73. The molecule has 1 unspecified atom stereocenters. The summed E-state index contributed by atoms with van der Waals surface area (Å²) in [5.41, 5.74) is 7.02. The lowest BCUT2D eigenvalue weighted by molar-refractivity contribution is 0.467. The molecule has 1 atom stereocenters. The molecule has 0 saturated heterocycles. The third-order valence-corrected chi connectivity index (χ3v) is 2.42. The molecule has 0 aliphatic heterocycles. The first-order valence-electron chi connectivity index (χ1n) is 5.78. The van der Waals surface area contributed by atoms with E-state index in [4.69, 9.17) is 5.73 Å². The van der Waals surface area contributed by atoms with Crippen molar-refractivity contribution in [2.75, 3.05) is 6.54 Å². The number of halogens is 1. The molecule has 0 bridgehead atoms. The van der Waals surface area contributed by atoms with Gasteiger partial charge in [0.2, 0.25) is 0 Å². The first-order valence-corrected chi connectivity index (χ1v) is 5.78. The first kappa shape index (κ1) is 13.1. The van der Waals surface area contributed by atoms with Gasteiger partial charge in [0, 0.05) is 19.1 Å². The van der Waals surface area contributed by atoms with Crippen molar-refractivity contribution in [1.29, 1.82) is 0 Å². The maximum atomic E-state index is 12.6. The van der Waals surface area contributed by atoms with Crippen LogP contribution < -0.4 is 11.1 Å². The zero-order chi connectivity index (χ0) is 12.0. The maximum absolute atomic E-state index is 12.6. The quantitative estimate of drug-likeness (QED) is 0.778. The van der Waals surface area contributed by atoms with E-state index in [0.29, 0.717) is 5.92 Å². The van der Waals surface area contributed by atoms with Crippen LogP contribution in [0.3, 0.4) is 0 Å². The molecule has 0 aliphatic carbocycles. The molecule has 1 aromatic rings. The molecule has 0 amide bonds. The predicted octanol–water partition coefficient (Wildman–Crippen LogP) is 2.29. The second kappa shape index (κ2) is 6.61. The normalized spacial score (nSPS) is 13.1. The lowest BCUT2D eigenvalue weighted by Gasteiger charge is -2.14. The number of nitrogens with two attached hydrogens (primary N) is 1. The highest BCUT2D eigenvalue weighted by Gasteiger charge is 2.04. The van der Waals surface area contributed by atoms with Gasteiger partial charge in [-0.2, -0.15) is 0 Å². The fraction of sp³-hybridized carbons (Fsp3) is 0.538. The summed E-state index contributed by atoms with van der Waals surface area (Å²) in [4.78, 5) is 0. The number of nitrogens with one attached hydrogen (secondary N) is 1. The smallest absolute Gasteiger partial charge is 0.123 e. The molecule has 0 aromatic heterocycles. The highest BCUT2D eigenvalue weighted by atomic mass is 19.1. The minimum absolute atomic E-state index is 0.194. The molecule has 0 spiro atoms. The Morgan fingerprint density at radius 3 is 2.44 bits per heavy atom. The Morgan fingerprint density at radius 2 is 1.88 bits per heavy atom. The molecule has 0 aliphatic rings. The molecule has 1 rings (SSSR count). The van der Waals surface area contributed by atoms with Crippen LogP contribution in [0.1, 0.15) is 25.8 Å². The monoisotopic (exact) mass is 224 g/mol. The van der Waals surface area contributed by atoms with Crippen molar-refractivity contribution in [2.45, 2.75) is 32.9 Å². The lowest BCUT2D eigenvalue weighted by atomic mass is 10.0. The van der Waals surface area contributed by atoms with Crippen LogP contribution in [0.15, 0.2) is 24.3 Å². The van der Waals surface area contributed by atoms with E-state index in [2.05, 4.69) is 19.2 Å². The van der Waals surface area contributed by atoms with Crippen molar-refractivity contribution < 1.29 is 4.39 Å². The molecule has 0 radical (unpaired) electrons. The van der Waals surface area contributed by atoms with E-state index in [9.17, 15) is 4.39 Å². The Hall–Kier alpha value is -0.930. The van der Waals surface area contributed by atoms with Gasteiger partial charge in [-0.15, -0.1) is 0 Å². The average Bonchev–Trinajstić information content (AvgIpc) is 2.20. The van der Waals surface area contributed by atoms with Gasteiger partial charge in [-0.05, 0) is 30.0 Å². The molecule has 90 valence electrons. The minimum Gasteiger partial charge on any atom is -0.327 e. The van der Waals surface area contributed by atoms with Crippen molar-refractivity contribution in [3.8, 4) is 0 Å². The summed E-state index contributed by atoms with van der Waals surface area (Å²) in [7, 11) is 0. The first-order chi connectivity index (χ1) is 7.58. The summed E-state index contributed by atoms with van der Waals surface area (Å²) in [6.07, 6.45) is 1.02. The summed E-state index contributed by atoms with van der Waals surface area (Å²) in [5, 5.41) is 3.28. The van der Waals surface area contributed by atoms with Crippen LogP contribution in [0.25, 0.3) is 0 Å². The molecule has 3 N–H and O–H groups in total. The van der Waals surface area contributed by atoms with Crippen molar-refractivity contribution in [2.24, 2.45) is 11.7 Å². The van der Waals surface area contributed by atoms with Gasteiger partial charge < -0.3 is 11.1 Å². The molecule has 16 heavy (non-hydrogen) atoms. The van der Waals surface area contributed by atoms with Crippen LogP contribution in [-0.2, 0) is 6.54 Å². The van der Waals surface area contributed by atoms with Crippen LogP contribution in [0.5, 0.6) is 0 Å². The van der Waals surface area contributed by atoms with E-state index >= 15 is 0 Å². The van der Waals surface area contributed by atoms with E-state index in [1.165, 1.54) is 12.1 Å². The Labute approximate surface area is 97.0 Å². The Kier molecular flexibility index (Phi) is 5.43. The van der Waals surface area contributed by atoms with Crippen LogP contribution in [0.2, 0.25) is 0 Å². The fourth-order valence-corrected chi connectivity index (χ4v) is 1.69. The Balaban J connectivity index is 2.22. The van der Waals surface area contributed by atoms with Gasteiger partial charge in [0.25, 0.3) is 0 Å². The van der Waals surface area contributed by atoms with E-state index < -0.39 is 0 Å². The topological polar surface area (TPSA) is 38.0 Å². The van der Waals surface area contributed by atoms with Gasteiger partial charge in [-0.25, -0.2) is 4.39 Å². The van der Waals surface area contributed by atoms with Crippen LogP contribution in [0, 0.1) is 11.7 Å². The van der Waals surface area contributed by atoms with E-state index in [-0.39, 0.29) is 11.9 Å². The highest BCUT2D eigenvalue weighted by Crippen LogP contribution is 2.03. The van der Waals surface area contributed by atoms with Gasteiger partial charge >= 0.3 is 0 Å². The summed E-state index contributed by atoms with van der Waals surface area (Å²) in [6.45, 7) is 5.88. The second-order valence-electron chi connectivity index (χ2n) is 4.65. The van der Waals surface area contributed by atoms with Gasteiger partial charge in [0.05, 0.1) is 0 Å². The Bertz CT molecular complexity index is 295. The van der Waals surface area contributed by atoms with Crippen LogP contribution in [0.4, 0.5) is 4.39 Å². The van der Waals surface area contributed by atoms with Crippen LogP contribution in [-0.4, -0.2) is 12.6 Å². The lowest BCUT2D eigenvalue weighted by Crippen LogP contribution is -2.34. The SMILES string of the molecule is CC(C)CC(N)CNCc1ccc(F)cc1. The molecule has 0 heterocycles.